The predicted molar refractivity (Wildman–Crippen MR) is 73.3 cm³/mol. The standard InChI is InChI=1S/C14H19N3O/c1-9-10(2)17-13-4-3-11(7-12(9)13)8-16-14(18)5-6-15/h3-4,7,17H,5-6,8,15H2,1-2H3,(H,16,18). The van der Waals surface area contributed by atoms with E-state index in [-0.39, 0.29) is 5.91 Å². The number of nitrogens with one attached hydrogen (secondary N) is 2. The second-order valence-corrected chi connectivity index (χ2v) is 4.57. The molecule has 0 unspecified atom stereocenters. The van der Waals surface area contributed by atoms with Crippen LogP contribution in [0.4, 0.5) is 0 Å². The largest absolute Gasteiger partial charge is 0.358 e. The first-order chi connectivity index (χ1) is 8.61. The molecule has 0 fully saturated rings. The fourth-order valence-electron chi connectivity index (χ4n) is 2.04. The Labute approximate surface area is 107 Å². The van der Waals surface area contributed by atoms with Crippen LogP contribution >= 0.6 is 0 Å². The fourth-order valence-corrected chi connectivity index (χ4v) is 2.04. The highest BCUT2D eigenvalue weighted by Gasteiger charge is 2.05. The number of carbonyl (C=O) groups excluding carboxylic acids is 1. The lowest BCUT2D eigenvalue weighted by atomic mass is 10.1. The number of H-pyrrole nitrogens is 1. The predicted octanol–water partition coefficient (Wildman–Crippen LogP) is 1.75. The van der Waals surface area contributed by atoms with E-state index in [4.69, 9.17) is 5.73 Å². The molecule has 0 saturated carbocycles. The Balaban J connectivity index is 2.15. The van der Waals surface area contributed by atoms with E-state index in [2.05, 4.69) is 36.3 Å². The van der Waals surface area contributed by atoms with Crippen molar-refractivity contribution in [2.24, 2.45) is 5.73 Å². The molecule has 2 rings (SSSR count). The molecule has 1 amide bonds. The third kappa shape index (κ3) is 2.54. The Hall–Kier alpha value is -1.81. The van der Waals surface area contributed by atoms with E-state index in [1.165, 1.54) is 16.6 Å². The Kier molecular flexibility index (Phi) is 3.67. The van der Waals surface area contributed by atoms with E-state index in [1.54, 1.807) is 0 Å². The number of aryl methyl sites for hydroxylation is 2. The zero-order valence-corrected chi connectivity index (χ0v) is 10.8. The molecule has 4 heteroatoms. The van der Waals surface area contributed by atoms with Crippen LogP contribution in [-0.2, 0) is 11.3 Å². The van der Waals surface area contributed by atoms with Crippen molar-refractivity contribution in [1.29, 1.82) is 0 Å². The normalized spacial score (nSPS) is 10.8. The highest BCUT2D eigenvalue weighted by Crippen LogP contribution is 2.22. The van der Waals surface area contributed by atoms with E-state index in [0.29, 0.717) is 19.5 Å². The smallest absolute Gasteiger partial charge is 0.221 e. The second kappa shape index (κ2) is 5.23. The van der Waals surface area contributed by atoms with Crippen molar-refractivity contribution in [2.45, 2.75) is 26.8 Å². The first kappa shape index (κ1) is 12.6. The summed E-state index contributed by atoms with van der Waals surface area (Å²) in [4.78, 5) is 14.7. The maximum absolute atomic E-state index is 11.4. The molecule has 0 aliphatic heterocycles. The van der Waals surface area contributed by atoms with Crippen LogP contribution in [0.15, 0.2) is 18.2 Å². The molecule has 0 saturated heterocycles. The molecule has 0 aliphatic carbocycles. The zero-order valence-electron chi connectivity index (χ0n) is 10.8. The Morgan fingerprint density at radius 1 is 1.39 bits per heavy atom. The lowest BCUT2D eigenvalue weighted by Crippen LogP contribution is -2.24. The van der Waals surface area contributed by atoms with Gasteiger partial charge < -0.3 is 16.0 Å². The molecule has 96 valence electrons. The Morgan fingerprint density at radius 3 is 2.89 bits per heavy atom. The summed E-state index contributed by atoms with van der Waals surface area (Å²) < 4.78 is 0. The number of nitrogens with two attached hydrogens (primary N) is 1. The van der Waals surface area contributed by atoms with Gasteiger partial charge in [-0.3, -0.25) is 4.79 Å². The van der Waals surface area contributed by atoms with Crippen LogP contribution in [0.3, 0.4) is 0 Å². The molecule has 18 heavy (non-hydrogen) atoms. The van der Waals surface area contributed by atoms with Crippen molar-refractivity contribution < 1.29 is 4.79 Å². The van der Waals surface area contributed by atoms with Gasteiger partial charge in [0.2, 0.25) is 5.91 Å². The van der Waals surface area contributed by atoms with Crippen molar-refractivity contribution in [3.8, 4) is 0 Å². The third-order valence-electron chi connectivity index (χ3n) is 3.23. The number of amides is 1. The summed E-state index contributed by atoms with van der Waals surface area (Å²) in [6.45, 7) is 5.11. The summed E-state index contributed by atoms with van der Waals surface area (Å²) in [5, 5.41) is 4.08. The van der Waals surface area contributed by atoms with Crippen LogP contribution in [-0.4, -0.2) is 17.4 Å². The van der Waals surface area contributed by atoms with Gasteiger partial charge >= 0.3 is 0 Å². The van der Waals surface area contributed by atoms with Gasteiger partial charge in [0.15, 0.2) is 0 Å². The van der Waals surface area contributed by atoms with E-state index in [0.717, 1.165) is 11.1 Å². The van der Waals surface area contributed by atoms with Gasteiger partial charge in [0.25, 0.3) is 0 Å². The molecule has 4 N–H and O–H groups in total. The molecule has 1 aromatic heterocycles. The van der Waals surface area contributed by atoms with Gasteiger partial charge in [-0.2, -0.15) is 0 Å². The highest BCUT2D eigenvalue weighted by atomic mass is 16.1. The fraction of sp³-hybridized carbons (Fsp3) is 0.357. The van der Waals surface area contributed by atoms with Gasteiger partial charge in [0.1, 0.15) is 0 Å². The van der Waals surface area contributed by atoms with Crippen LogP contribution in [0.5, 0.6) is 0 Å². The summed E-state index contributed by atoms with van der Waals surface area (Å²) in [5.74, 6) is -0.000400. The number of aromatic nitrogens is 1. The van der Waals surface area contributed by atoms with Crippen molar-refractivity contribution in [3.63, 3.8) is 0 Å². The van der Waals surface area contributed by atoms with Crippen molar-refractivity contribution in [1.82, 2.24) is 10.3 Å². The van der Waals surface area contributed by atoms with Crippen molar-refractivity contribution >= 4 is 16.8 Å². The number of benzene rings is 1. The lowest BCUT2D eigenvalue weighted by Gasteiger charge is -2.05. The first-order valence-corrected chi connectivity index (χ1v) is 6.16. The summed E-state index contributed by atoms with van der Waals surface area (Å²) in [6, 6.07) is 6.21. The first-order valence-electron chi connectivity index (χ1n) is 6.16. The molecule has 0 radical (unpaired) electrons. The number of rotatable bonds is 4. The number of hydrogen-bond acceptors (Lipinski definition) is 2. The number of aromatic amines is 1. The van der Waals surface area contributed by atoms with Crippen LogP contribution in [0.2, 0.25) is 0 Å². The zero-order chi connectivity index (χ0) is 13.1. The molecule has 1 aromatic carbocycles. The van der Waals surface area contributed by atoms with Gasteiger partial charge in [-0.05, 0) is 37.1 Å². The van der Waals surface area contributed by atoms with Crippen molar-refractivity contribution in [2.75, 3.05) is 6.54 Å². The maximum atomic E-state index is 11.4. The van der Waals surface area contributed by atoms with Crippen LogP contribution in [0, 0.1) is 13.8 Å². The topological polar surface area (TPSA) is 70.9 Å². The summed E-state index contributed by atoms with van der Waals surface area (Å²) >= 11 is 0. The number of fused-ring (bicyclic) bond motifs is 1. The molecule has 0 atom stereocenters. The van der Waals surface area contributed by atoms with Gasteiger partial charge in [-0.15, -0.1) is 0 Å². The Bertz CT molecular complexity index is 572. The molecule has 0 bridgehead atoms. The van der Waals surface area contributed by atoms with E-state index in [1.807, 2.05) is 6.07 Å². The SMILES string of the molecule is Cc1[nH]c2ccc(CNC(=O)CCN)cc2c1C. The van der Waals surface area contributed by atoms with Crippen LogP contribution in [0.1, 0.15) is 23.2 Å². The maximum Gasteiger partial charge on any atom is 0.221 e. The van der Waals surface area contributed by atoms with Crippen LogP contribution < -0.4 is 11.1 Å². The van der Waals surface area contributed by atoms with E-state index >= 15 is 0 Å². The van der Waals surface area contributed by atoms with Gasteiger partial charge in [0, 0.05) is 36.1 Å². The van der Waals surface area contributed by atoms with Gasteiger partial charge in [-0.1, -0.05) is 6.07 Å². The van der Waals surface area contributed by atoms with Gasteiger partial charge in [0.05, 0.1) is 0 Å². The summed E-state index contributed by atoms with van der Waals surface area (Å²) in [6.07, 6.45) is 0.379. The molecule has 0 spiro atoms. The molecule has 4 nitrogen and oxygen atoms in total. The minimum Gasteiger partial charge on any atom is -0.358 e. The minimum absolute atomic E-state index is 0.000400. The van der Waals surface area contributed by atoms with E-state index in [9.17, 15) is 4.79 Å². The Morgan fingerprint density at radius 2 is 2.17 bits per heavy atom. The van der Waals surface area contributed by atoms with E-state index < -0.39 is 0 Å². The molecular formula is C14H19N3O. The quantitative estimate of drug-likeness (QED) is 0.768. The average Bonchev–Trinajstić information content (AvgIpc) is 2.63. The second-order valence-electron chi connectivity index (χ2n) is 4.57. The summed E-state index contributed by atoms with van der Waals surface area (Å²) in [7, 11) is 0. The van der Waals surface area contributed by atoms with Crippen LogP contribution in [0.25, 0.3) is 10.9 Å². The lowest BCUT2D eigenvalue weighted by molar-refractivity contribution is -0.121. The van der Waals surface area contributed by atoms with Gasteiger partial charge in [-0.25, -0.2) is 0 Å². The summed E-state index contributed by atoms with van der Waals surface area (Å²) in [5.41, 5.74) is 10.0. The number of carbonyl (C=O) groups is 1. The van der Waals surface area contributed by atoms with Crippen molar-refractivity contribution in [3.05, 3.63) is 35.0 Å². The average molecular weight is 245 g/mol. The highest BCUT2D eigenvalue weighted by molar-refractivity contribution is 5.85. The molecule has 2 aromatic rings. The minimum atomic E-state index is -0.000400. The number of hydrogen-bond donors (Lipinski definition) is 3. The molecule has 0 aliphatic rings. The molecular weight excluding hydrogens is 226 g/mol. The monoisotopic (exact) mass is 245 g/mol. The third-order valence-corrected chi connectivity index (χ3v) is 3.23. The molecule has 1 heterocycles.